The Morgan fingerprint density at radius 3 is 1.93 bits per heavy atom. The van der Waals surface area contributed by atoms with Crippen LogP contribution in [-0.2, 0) is 14.3 Å². The highest BCUT2D eigenvalue weighted by Gasteiger charge is 2.12. The molecule has 4 nitrogen and oxygen atoms in total. The molecule has 0 aromatic carbocycles. The van der Waals surface area contributed by atoms with Crippen molar-refractivity contribution in [3.8, 4) is 0 Å². The van der Waals surface area contributed by atoms with Crippen LogP contribution in [0.15, 0.2) is 0 Å². The van der Waals surface area contributed by atoms with Crippen molar-refractivity contribution in [3.63, 3.8) is 0 Å². The number of ether oxygens (including phenoxy) is 2. The monoisotopic (exact) mass is 218 g/mol. The molecule has 0 saturated carbocycles. The molecule has 0 atom stereocenters. The Morgan fingerprint density at radius 1 is 1.13 bits per heavy atom. The van der Waals surface area contributed by atoms with Gasteiger partial charge < -0.3 is 14.6 Å². The van der Waals surface area contributed by atoms with E-state index in [9.17, 15) is 4.79 Å². The van der Waals surface area contributed by atoms with Gasteiger partial charge in [-0.3, -0.25) is 4.79 Å². The van der Waals surface area contributed by atoms with Gasteiger partial charge in [-0.2, -0.15) is 0 Å². The molecule has 0 fully saturated rings. The lowest BCUT2D eigenvalue weighted by Crippen LogP contribution is -2.13. The molecule has 0 aliphatic rings. The third-order valence-electron chi connectivity index (χ3n) is 2.21. The van der Waals surface area contributed by atoms with Crippen LogP contribution in [0, 0.1) is 5.92 Å². The van der Waals surface area contributed by atoms with Crippen molar-refractivity contribution in [1.29, 1.82) is 0 Å². The van der Waals surface area contributed by atoms with Gasteiger partial charge in [0.25, 0.3) is 0 Å². The molecule has 4 heteroatoms. The van der Waals surface area contributed by atoms with Crippen LogP contribution in [-0.4, -0.2) is 37.5 Å². The fraction of sp³-hybridized carbons (Fsp3) is 0.909. The van der Waals surface area contributed by atoms with E-state index in [1.807, 2.05) is 13.8 Å². The van der Waals surface area contributed by atoms with Gasteiger partial charge in [-0.15, -0.1) is 0 Å². The SMILES string of the molecule is CCOCCC(CCOCC)CC(=O)O. The van der Waals surface area contributed by atoms with Gasteiger partial charge >= 0.3 is 5.97 Å². The Labute approximate surface area is 91.6 Å². The summed E-state index contributed by atoms with van der Waals surface area (Å²) in [4.78, 5) is 10.6. The number of carbonyl (C=O) groups is 1. The fourth-order valence-corrected chi connectivity index (χ4v) is 1.38. The fourth-order valence-electron chi connectivity index (χ4n) is 1.38. The summed E-state index contributed by atoms with van der Waals surface area (Å²) in [6.07, 6.45) is 1.81. The molecule has 0 aliphatic carbocycles. The Hall–Kier alpha value is -0.610. The molecule has 90 valence electrons. The molecule has 1 N–H and O–H groups in total. The topological polar surface area (TPSA) is 55.8 Å². The zero-order chi connectivity index (χ0) is 11.5. The number of carboxylic acids is 1. The van der Waals surface area contributed by atoms with E-state index in [2.05, 4.69) is 0 Å². The Kier molecular flexibility index (Phi) is 9.52. The summed E-state index contributed by atoms with van der Waals surface area (Å²) in [6.45, 7) is 6.52. The third-order valence-corrected chi connectivity index (χ3v) is 2.21. The molecule has 0 bridgehead atoms. The van der Waals surface area contributed by atoms with Crippen LogP contribution < -0.4 is 0 Å². The highest BCUT2D eigenvalue weighted by atomic mass is 16.5. The summed E-state index contributed by atoms with van der Waals surface area (Å²) in [5.41, 5.74) is 0. The normalized spacial score (nSPS) is 10.9. The number of carboxylic acid groups (broad SMARTS) is 1. The molecule has 0 aliphatic heterocycles. The van der Waals surface area contributed by atoms with Crippen LogP contribution in [0.5, 0.6) is 0 Å². The summed E-state index contributed by atoms with van der Waals surface area (Å²) in [7, 11) is 0. The first kappa shape index (κ1) is 14.4. The first-order valence-corrected chi connectivity index (χ1v) is 5.57. The molecule has 0 rings (SSSR count). The first-order chi connectivity index (χ1) is 7.20. The average Bonchev–Trinajstić information content (AvgIpc) is 2.17. The minimum atomic E-state index is -0.743. The standard InChI is InChI=1S/C11H22O4/c1-3-14-7-5-10(9-11(12)13)6-8-15-4-2/h10H,3-9H2,1-2H3,(H,12,13). The second-order valence-corrected chi connectivity index (χ2v) is 3.44. The van der Waals surface area contributed by atoms with Crippen molar-refractivity contribution in [3.05, 3.63) is 0 Å². The highest BCUT2D eigenvalue weighted by Crippen LogP contribution is 2.13. The first-order valence-electron chi connectivity index (χ1n) is 5.57. The van der Waals surface area contributed by atoms with Gasteiger partial charge in [0.05, 0.1) is 0 Å². The van der Waals surface area contributed by atoms with Crippen LogP contribution in [0.25, 0.3) is 0 Å². The maximum Gasteiger partial charge on any atom is 0.303 e. The van der Waals surface area contributed by atoms with Crippen molar-refractivity contribution in [2.24, 2.45) is 5.92 Å². The van der Waals surface area contributed by atoms with Gasteiger partial charge in [0, 0.05) is 32.8 Å². The third kappa shape index (κ3) is 9.69. The highest BCUT2D eigenvalue weighted by molar-refractivity contribution is 5.66. The lowest BCUT2D eigenvalue weighted by atomic mass is 9.98. The number of rotatable bonds is 10. The molecule has 0 spiro atoms. The molecule has 0 heterocycles. The summed E-state index contributed by atoms with van der Waals surface area (Å²) in [5, 5.41) is 8.72. The number of aliphatic carboxylic acids is 1. The Bertz CT molecular complexity index is 149. The van der Waals surface area contributed by atoms with E-state index >= 15 is 0 Å². The molecule has 0 radical (unpaired) electrons. The summed E-state index contributed by atoms with van der Waals surface area (Å²) in [5.74, 6) is -0.575. The van der Waals surface area contributed by atoms with E-state index in [1.54, 1.807) is 0 Å². The van der Waals surface area contributed by atoms with Crippen molar-refractivity contribution < 1.29 is 19.4 Å². The average molecular weight is 218 g/mol. The zero-order valence-electron chi connectivity index (χ0n) is 9.70. The molecule has 0 unspecified atom stereocenters. The van der Waals surface area contributed by atoms with Crippen LogP contribution in [0.3, 0.4) is 0 Å². The number of hydrogen-bond donors (Lipinski definition) is 1. The molecule has 0 aromatic rings. The summed E-state index contributed by atoms with van der Waals surface area (Å²) in [6, 6.07) is 0. The lowest BCUT2D eigenvalue weighted by molar-refractivity contribution is -0.138. The van der Waals surface area contributed by atoms with Gasteiger partial charge in [0.15, 0.2) is 0 Å². The maximum absolute atomic E-state index is 10.6. The van der Waals surface area contributed by atoms with Crippen molar-refractivity contribution in [1.82, 2.24) is 0 Å². The molecule has 15 heavy (non-hydrogen) atoms. The van der Waals surface area contributed by atoms with Gasteiger partial charge in [-0.1, -0.05) is 0 Å². The largest absolute Gasteiger partial charge is 0.481 e. The second kappa shape index (κ2) is 9.93. The van der Waals surface area contributed by atoms with Crippen molar-refractivity contribution >= 4 is 5.97 Å². The van der Waals surface area contributed by atoms with Crippen LogP contribution >= 0.6 is 0 Å². The Balaban J connectivity index is 3.68. The zero-order valence-corrected chi connectivity index (χ0v) is 9.70. The predicted octanol–water partition coefficient (Wildman–Crippen LogP) is 1.93. The summed E-state index contributed by atoms with van der Waals surface area (Å²) < 4.78 is 10.4. The molecular formula is C11H22O4. The van der Waals surface area contributed by atoms with E-state index in [0.717, 1.165) is 12.8 Å². The number of hydrogen-bond acceptors (Lipinski definition) is 3. The molecule has 0 amide bonds. The van der Waals surface area contributed by atoms with Crippen LogP contribution in [0.4, 0.5) is 0 Å². The Morgan fingerprint density at radius 2 is 1.60 bits per heavy atom. The second-order valence-electron chi connectivity index (χ2n) is 3.44. The van der Waals surface area contributed by atoms with Gasteiger partial charge in [0.1, 0.15) is 0 Å². The van der Waals surface area contributed by atoms with E-state index in [4.69, 9.17) is 14.6 Å². The van der Waals surface area contributed by atoms with Gasteiger partial charge in [0.2, 0.25) is 0 Å². The minimum absolute atomic E-state index is 0.167. The van der Waals surface area contributed by atoms with E-state index < -0.39 is 5.97 Å². The minimum Gasteiger partial charge on any atom is -0.481 e. The molecule has 0 aromatic heterocycles. The van der Waals surface area contributed by atoms with E-state index in [1.165, 1.54) is 0 Å². The lowest BCUT2D eigenvalue weighted by Gasteiger charge is -2.14. The van der Waals surface area contributed by atoms with E-state index in [-0.39, 0.29) is 12.3 Å². The van der Waals surface area contributed by atoms with Crippen molar-refractivity contribution in [2.75, 3.05) is 26.4 Å². The smallest absolute Gasteiger partial charge is 0.303 e. The van der Waals surface area contributed by atoms with Gasteiger partial charge in [-0.25, -0.2) is 0 Å². The van der Waals surface area contributed by atoms with Crippen molar-refractivity contribution in [2.45, 2.75) is 33.1 Å². The molecular weight excluding hydrogens is 196 g/mol. The maximum atomic E-state index is 10.6. The van der Waals surface area contributed by atoms with Crippen LogP contribution in [0.2, 0.25) is 0 Å². The predicted molar refractivity (Wildman–Crippen MR) is 58.0 cm³/mol. The van der Waals surface area contributed by atoms with Gasteiger partial charge in [-0.05, 0) is 32.6 Å². The van der Waals surface area contributed by atoms with E-state index in [0.29, 0.717) is 26.4 Å². The molecule has 0 saturated heterocycles. The van der Waals surface area contributed by atoms with Crippen LogP contribution in [0.1, 0.15) is 33.1 Å². The quantitative estimate of drug-likeness (QED) is 0.569. The summed E-state index contributed by atoms with van der Waals surface area (Å²) >= 11 is 0.